The summed E-state index contributed by atoms with van der Waals surface area (Å²) < 4.78 is 27.3. The number of nitrogens with zero attached hydrogens (tertiary/aromatic N) is 1. The third kappa shape index (κ3) is 3.30. The van der Waals surface area contributed by atoms with Crippen molar-refractivity contribution in [3.63, 3.8) is 0 Å². The van der Waals surface area contributed by atoms with E-state index in [0.717, 1.165) is 37.7 Å². The number of rotatable bonds is 6. The Bertz CT molecular complexity index is 605. The van der Waals surface area contributed by atoms with Gasteiger partial charge in [0.15, 0.2) is 0 Å². The zero-order valence-corrected chi connectivity index (χ0v) is 13.4. The molecule has 1 aromatic carbocycles. The summed E-state index contributed by atoms with van der Waals surface area (Å²) in [5, 5.41) is 0. The van der Waals surface area contributed by atoms with Gasteiger partial charge in [0, 0.05) is 18.3 Å². The fraction of sp³-hybridized carbons (Fsp3) is 0.500. The first-order valence-corrected chi connectivity index (χ1v) is 8.95. The minimum Gasteiger partial charge on any atom is -0.398 e. The number of sulfonamides is 1. The lowest BCUT2D eigenvalue weighted by atomic mass is 10.1. The Hall–Kier alpha value is -1.33. The maximum absolute atomic E-state index is 12.9. The van der Waals surface area contributed by atoms with E-state index in [1.807, 2.05) is 13.0 Å². The molecule has 0 amide bonds. The molecule has 116 valence electrons. The molecule has 0 aliphatic heterocycles. The van der Waals surface area contributed by atoms with E-state index in [1.165, 1.54) is 0 Å². The van der Waals surface area contributed by atoms with Crippen molar-refractivity contribution in [1.29, 1.82) is 0 Å². The first-order chi connectivity index (χ1) is 10.0. The molecule has 1 aliphatic carbocycles. The van der Waals surface area contributed by atoms with Gasteiger partial charge in [0.25, 0.3) is 0 Å². The van der Waals surface area contributed by atoms with Gasteiger partial charge in [-0.25, -0.2) is 8.42 Å². The molecule has 4 nitrogen and oxygen atoms in total. The Morgan fingerprint density at radius 1 is 1.38 bits per heavy atom. The van der Waals surface area contributed by atoms with Crippen LogP contribution in [0.1, 0.15) is 38.2 Å². The Balaban J connectivity index is 2.37. The lowest BCUT2D eigenvalue weighted by Gasteiger charge is -2.27. The average molecular weight is 308 g/mol. The maximum Gasteiger partial charge on any atom is 0.243 e. The van der Waals surface area contributed by atoms with Gasteiger partial charge in [-0.05, 0) is 37.0 Å². The summed E-state index contributed by atoms with van der Waals surface area (Å²) in [6.45, 7) is 6.05. The molecule has 2 rings (SSSR count). The SMILES string of the molecule is C=CCN(C1CCCC1)S(=O)(=O)c1ccc(CC)c(N)c1. The topological polar surface area (TPSA) is 63.4 Å². The van der Waals surface area contributed by atoms with Crippen molar-refractivity contribution in [2.75, 3.05) is 12.3 Å². The lowest BCUT2D eigenvalue weighted by molar-refractivity contribution is 0.347. The zero-order valence-electron chi connectivity index (χ0n) is 12.6. The van der Waals surface area contributed by atoms with Gasteiger partial charge in [-0.15, -0.1) is 6.58 Å². The average Bonchev–Trinajstić information content (AvgIpc) is 2.98. The fourth-order valence-corrected chi connectivity index (χ4v) is 4.65. The molecular weight excluding hydrogens is 284 g/mol. The van der Waals surface area contributed by atoms with Crippen molar-refractivity contribution in [2.24, 2.45) is 0 Å². The van der Waals surface area contributed by atoms with Crippen LogP contribution in [0.5, 0.6) is 0 Å². The summed E-state index contributed by atoms with van der Waals surface area (Å²) in [7, 11) is -3.51. The molecule has 0 spiro atoms. The molecular formula is C16H24N2O2S. The summed E-state index contributed by atoms with van der Waals surface area (Å²) in [5.41, 5.74) is 7.47. The molecule has 0 saturated heterocycles. The van der Waals surface area contributed by atoms with Gasteiger partial charge in [0.05, 0.1) is 4.90 Å². The molecule has 1 aliphatic rings. The van der Waals surface area contributed by atoms with Crippen LogP contribution in [0.25, 0.3) is 0 Å². The normalized spacial score (nSPS) is 16.5. The molecule has 1 fully saturated rings. The van der Waals surface area contributed by atoms with E-state index in [-0.39, 0.29) is 10.9 Å². The van der Waals surface area contributed by atoms with E-state index in [2.05, 4.69) is 6.58 Å². The van der Waals surface area contributed by atoms with Gasteiger partial charge >= 0.3 is 0 Å². The largest absolute Gasteiger partial charge is 0.398 e. The Labute approximate surface area is 127 Å². The maximum atomic E-state index is 12.9. The van der Waals surface area contributed by atoms with Crippen molar-refractivity contribution in [1.82, 2.24) is 4.31 Å². The van der Waals surface area contributed by atoms with Crippen molar-refractivity contribution in [3.05, 3.63) is 36.4 Å². The molecule has 2 N–H and O–H groups in total. The number of hydrogen-bond acceptors (Lipinski definition) is 3. The monoisotopic (exact) mass is 308 g/mol. The van der Waals surface area contributed by atoms with Crippen LogP contribution in [-0.2, 0) is 16.4 Å². The second-order valence-electron chi connectivity index (χ2n) is 5.52. The highest BCUT2D eigenvalue weighted by Crippen LogP contribution is 2.29. The van der Waals surface area contributed by atoms with Gasteiger partial charge in [0.1, 0.15) is 0 Å². The highest BCUT2D eigenvalue weighted by Gasteiger charge is 2.32. The molecule has 0 aromatic heterocycles. The Morgan fingerprint density at radius 2 is 2.05 bits per heavy atom. The molecule has 0 atom stereocenters. The van der Waals surface area contributed by atoms with Crippen LogP contribution >= 0.6 is 0 Å². The third-order valence-electron chi connectivity index (χ3n) is 4.15. The number of benzene rings is 1. The van der Waals surface area contributed by atoms with Crippen LogP contribution in [0.2, 0.25) is 0 Å². The first kappa shape index (κ1) is 16.0. The van der Waals surface area contributed by atoms with E-state index in [1.54, 1.807) is 22.5 Å². The number of hydrogen-bond donors (Lipinski definition) is 1. The van der Waals surface area contributed by atoms with Gasteiger partial charge in [-0.2, -0.15) is 4.31 Å². The second-order valence-corrected chi connectivity index (χ2v) is 7.41. The third-order valence-corrected chi connectivity index (χ3v) is 6.06. The molecule has 0 bridgehead atoms. The van der Waals surface area contributed by atoms with Crippen molar-refractivity contribution in [3.8, 4) is 0 Å². The second kappa shape index (κ2) is 6.62. The van der Waals surface area contributed by atoms with Crippen LogP contribution < -0.4 is 5.73 Å². The van der Waals surface area contributed by atoms with Crippen LogP contribution in [0.15, 0.2) is 35.7 Å². The van der Waals surface area contributed by atoms with Gasteiger partial charge in [-0.1, -0.05) is 31.9 Å². The smallest absolute Gasteiger partial charge is 0.243 e. The van der Waals surface area contributed by atoms with Crippen LogP contribution in [0.3, 0.4) is 0 Å². The number of anilines is 1. The van der Waals surface area contributed by atoms with Crippen molar-refractivity contribution in [2.45, 2.75) is 50.0 Å². The minimum atomic E-state index is -3.51. The van der Waals surface area contributed by atoms with Crippen LogP contribution in [0, 0.1) is 0 Å². The quantitative estimate of drug-likeness (QED) is 0.649. The standard InChI is InChI=1S/C16H24N2O2S/c1-3-11-18(14-7-5-6-8-14)21(19,20)15-10-9-13(4-2)16(17)12-15/h3,9-10,12,14H,1,4-8,11,17H2,2H3. The minimum absolute atomic E-state index is 0.0834. The summed E-state index contributed by atoms with van der Waals surface area (Å²) in [6, 6.07) is 5.14. The number of aryl methyl sites for hydroxylation is 1. The fourth-order valence-electron chi connectivity index (χ4n) is 2.95. The number of nitrogen functional groups attached to an aromatic ring is 1. The summed E-state index contributed by atoms with van der Waals surface area (Å²) in [4.78, 5) is 0.283. The highest BCUT2D eigenvalue weighted by molar-refractivity contribution is 7.89. The summed E-state index contributed by atoms with van der Waals surface area (Å²) >= 11 is 0. The van der Waals surface area contributed by atoms with Crippen molar-refractivity contribution >= 4 is 15.7 Å². The molecule has 5 heteroatoms. The van der Waals surface area contributed by atoms with Gasteiger partial charge < -0.3 is 5.73 Å². The summed E-state index contributed by atoms with van der Waals surface area (Å²) in [5.74, 6) is 0. The molecule has 1 aromatic rings. The van der Waals surface area contributed by atoms with Crippen LogP contribution in [-0.4, -0.2) is 25.3 Å². The van der Waals surface area contributed by atoms with E-state index in [9.17, 15) is 8.42 Å². The molecule has 0 radical (unpaired) electrons. The van der Waals surface area contributed by atoms with Gasteiger partial charge in [-0.3, -0.25) is 0 Å². The van der Waals surface area contributed by atoms with Crippen molar-refractivity contribution < 1.29 is 8.42 Å². The highest BCUT2D eigenvalue weighted by atomic mass is 32.2. The van der Waals surface area contributed by atoms with E-state index >= 15 is 0 Å². The first-order valence-electron chi connectivity index (χ1n) is 7.51. The predicted octanol–water partition coefficient (Wildman–Crippen LogP) is 2.95. The van der Waals surface area contributed by atoms with E-state index < -0.39 is 10.0 Å². The Morgan fingerprint density at radius 3 is 2.57 bits per heavy atom. The zero-order chi connectivity index (χ0) is 15.5. The molecule has 1 saturated carbocycles. The summed E-state index contributed by atoms with van der Waals surface area (Å²) in [6.07, 6.45) is 6.48. The molecule has 21 heavy (non-hydrogen) atoms. The molecule has 0 unspecified atom stereocenters. The lowest BCUT2D eigenvalue weighted by Crippen LogP contribution is -2.38. The van der Waals surface area contributed by atoms with Gasteiger partial charge in [0.2, 0.25) is 10.0 Å². The predicted molar refractivity (Wildman–Crippen MR) is 86.6 cm³/mol. The van der Waals surface area contributed by atoms with Crippen LogP contribution in [0.4, 0.5) is 5.69 Å². The van der Waals surface area contributed by atoms with E-state index in [4.69, 9.17) is 5.73 Å². The Kier molecular flexibility index (Phi) is 5.06. The van der Waals surface area contributed by atoms with E-state index in [0.29, 0.717) is 12.2 Å². The number of nitrogens with two attached hydrogens (primary N) is 1. The molecule has 0 heterocycles.